The van der Waals surface area contributed by atoms with Crippen LogP contribution in [0, 0.1) is 11.3 Å². The molecule has 0 aromatic heterocycles. The molecule has 0 radical (unpaired) electrons. The molecule has 0 N–H and O–H groups in total. The van der Waals surface area contributed by atoms with Crippen molar-refractivity contribution in [2.24, 2.45) is 11.3 Å². The van der Waals surface area contributed by atoms with Gasteiger partial charge in [0.1, 0.15) is 0 Å². The van der Waals surface area contributed by atoms with E-state index < -0.39 is 0 Å². The molecule has 0 aromatic carbocycles. The molecule has 2 aliphatic heterocycles. The molecule has 0 amide bonds. The topological polar surface area (TPSA) is 18.5 Å². The van der Waals surface area contributed by atoms with Crippen LogP contribution in [0.1, 0.15) is 60.3 Å². The molecule has 0 saturated carbocycles. The van der Waals surface area contributed by atoms with Crippen LogP contribution in [0.4, 0.5) is 0 Å². The van der Waals surface area contributed by atoms with E-state index in [1.807, 2.05) is 0 Å². The monoisotopic (exact) mass is 226 g/mol. The molecule has 2 heterocycles. The summed E-state index contributed by atoms with van der Waals surface area (Å²) in [6, 6.07) is 0. The van der Waals surface area contributed by atoms with Gasteiger partial charge in [-0.2, -0.15) is 0 Å². The molecule has 0 spiro atoms. The molecule has 2 rings (SSSR count). The summed E-state index contributed by atoms with van der Waals surface area (Å²) in [7, 11) is 0. The highest BCUT2D eigenvalue weighted by Crippen LogP contribution is 2.49. The number of ether oxygens (including phenoxy) is 2. The number of hydrogen-bond donors (Lipinski definition) is 0. The van der Waals surface area contributed by atoms with E-state index in [0.29, 0.717) is 12.0 Å². The minimum absolute atomic E-state index is 0.0733. The molecule has 0 aromatic rings. The molecule has 0 unspecified atom stereocenters. The van der Waals surface area contributed by atoms with Gasteiger partial charge >= 0.3 is 0 Å². The summed E-state index contributed by atoms with van der Waals surface area (Å²) in [6.45, 7) is 11.2. The Labute approximate surface area is 99.7 Å². The van der Waals surface area contributed by atoms with Crippen LogP contribution in [0.5, 0.6) is 0 Å². The quantitative estimate of drug-likeness (QED) is 0.714. The molecule has 0 bridgehead atoms. The van der Waals surface area contributed by atoms with Gasteiger partial charge in [-0.25, -0.2) is 0 Å². The second-order valence-electron chi connectivity index (χ2n) is 6.57. The molecule has 2 aliphatic rings. The summed E-state index contributed by atoms with van der Waals surface area (Å²) < 4.78 is 12.3. The first kappa shape index (κ1) is 12.4. The molecule has 2 saturated heterocycles. The van der Waals surface area contributed by atoms with Crippen molar-refractivity contribution in [1.29, 1.82) is 0 Å². The van der Waals surface area contributed by atoms with E-state index in [9.17, 15) is 0 Å². The standard InChI is InChI=1S/C14H26O2/c1-6-14(7-2)9-10-8-11(13(3,4)5)15-12(10)16-14/h10-12H,6-9H2,1-5H3/t10-,11-,12+/m1/s1. The van der Waals surface area contributed by atoms with Crippen LogP contribution < -0.4 is 0 Å². The summed E-state index contributed by atoms with van der Waals surface area (Å²) >= 11 is 0. The van der Waals surface area contributed by atoms with Gasteiger partial charge in [0.15, 0.2) is 6.29 Å². The number of hydrogen-bond acceptors (Lipinski definition) is 2. The first-order chi connectivity index (χ1) is 7.40. The molecule has 2 nitrogen and oxygen atoms in total. The van der Waals surface area contributed by atoms with Gasteiger partial charge in [-0.3, -0.25) is 0 Å². The van der Waals surface area contributed by atoms with E-state index in [1.54, 1.807) is 0 Å². The lowest BCUT2D eigenvalue weighted by Gasteiger charge is -2.31. The SMILES string of the molecule is CCC1(CC)C[C@H]2C[C@H](C(C)(C)C)O[C@H]2O1. The lowest BCUT2D eigenvalue weighted by molar-refractivity contribution is -0.188. The second-order valence-corrected chi connectivity index (χ2v) is 6.57. The maximum Gasteiger partial charge on any atom is 0.161 e. The fourth-order valence-corrected chi connectivity index (χ4v) is 3.05. The van der Waals surface area contributed by atoms with Crippen LogP contribution in [0.3, 0.4) is 0 Å². The van der Waals surface area contributed by atoms with Crippen molar-refractivity contribution < 1.29 is 9.47 Å². The molecule has 2 heteroatoms. The zero-order valence-electron chi connectivity index (χ0n) is 11.4. The number of rotatable bonds is 2. The maximum absolute atomic E-state index is 6.17. The highest BCUT2D eigenvalue weighted by Gasteiger charge is 2.51. The lowest BCUT2D eigenvalue weighted by Crippen LogP contribution is -2.32. The third-order valence-electron chi connectivity index (χ3n) is 4.46. The van der Waals surface area contributed by atoms with Gasteiger partial charge in [0.25, 0.3) is 0 Å². The van der Waals surface area contributed by atoms with E-state index in [1.165, 1.54) is 12.8 Å². The van der Waals surface area contributed by atoms with Gasteiger partial charge in [-0.15, -0.1) is 0 Å². The molecule has 2 fully saturated rings. The van der Waals surface area contributed by atoms with Crippen LogP contribution in [0.2, 0.25) is 0 Å². The van der Waals surface area contributed by atoms with Gasteiger partial charge in [0.05, 0.1) is 11.7 Å². The molecule has 94 valence electrons. The van der Waals surface area contributed by atoms with Crippen LogP contribution >= 0.6 is 0 Å². The van der Waals surface area contributed by atoms with E-state index in [2.05, 4.69) is 34.6 Å². The van der Waals surface area contributed by atoms with Crippen molar-refractivity contribution in [2.45, 2.75) is 78.3 Å². The molecule has 3 atom stereocenters. The fourth-order valence-electron chi connectivity index (χ4n) is 3.05. The Morgan fingerprint density at radius 2 is 1.81 bits per heavy atom. The highest BCUT2D eigenvalue weighted by molar-refractivity contribution is 4.96. The van der Waals surface area contributed by atoms with Gasteiger partial charge in [0, 0.05) is 5.92 Å². The van der Waals surface area contributed by atoms with Crippen molar-refractivity contribution in [3.8, 4) is 0 Å². The van der Waals surface area contributed by atoms with E-state index in [-0.39, 0.29) is 17.3 Å². The summed E-state index contributed by atoms with van der Waals surface area (Å²) in [5.41, 5.74) is 0.354. The average molecular weight is 226 g/mol. The van der Waals surface area contributed by atoms with E-state index in [4.69, 9.17) is 9.47 Å². The van der Waals surface area contributed by atoms with Crippen LogP contribution in [-0.4, -0.2) is 18.0 Å². The van der Waals surface area contributed by atoms with Crippen molar-refractivity contribution in [1.82, 2.24) is 0 Å². The summed E-state index contributed by atoms with van der Waals surface area (Å²) in [6.07, 6.45) is 5.03. The van der Waals surface area contributed by atoms with Gasteiger partial charge in [0.2, 0.25) is 0 Å². The maximum atomic E-state index is 6.17. The minimum atomic E-state index is 0.0733. The minimum Gasteiger partial charge on any atom is -0.349 e. The summed E-state index contributed by atoms with van der Waals surface area (Å²) in [4.78, 5) is 0. The Kier molecular flexibility index (Phi) is 3.09. The third-order valence-corrected chi connectivity index (χ3v) is 4.46. The van der Waals surface area contributed by atoms with Crippen molar-refractivity contribution in [2.75, 3.05) is 0 Å². The van der Waals surface area contributed by atoms with Crippen molar-refractivity contribution in [3.63, 3.8) is 0 Å². The van der Waals surface area contributed by atoms with Crippen LogP contribution in [-0.2, 0) is 9.47 Å². The van der Waals surface area contributed by atoms with E-state index >= 15 is 0 Å². The highest BCUT2D eigenvalue weighted by atomic mass is 16.7. The zero-order chi connectivity index (χ0) is 12.0. The first-order valence-corrected chi connectivity index (χ1v) is 6.73. The van der Waals surface area contributed by atoms with Crippen molar-refractivity contribution in [3.05, 3.63) is 0 Å². The summed E-state index contributed by atoms with van der Waals surface area (Å²) in [5.74, 6) is 0.629. The Morgan fingerprint density at radius 3 is 2.25 bits per heavy atom. The molecule has 16 heavy (non-hydrogen) atoms. The predicted molar refractivity (Wildman–Crippen MR) is 65.2 cm³/mol. The van der Waals surface area contributed by atoms with Crippen LogP contribution in [0.25, 0.3) is 0 Å². The Bertz CT molecular complexity index is 234. The fraction of sp³-hybridized carbons (Fsp3) is 1.00. The number of fused-ring (bicyclic) bond motifs is 1. The average Bonchev–Trinajstić information content (AvgIpc) is 2.71. The Balaban J connectivity index is 2.01. The molecular weight excluding hydrogens is 200 g/mol. The predicted octanol–water partition coefficient (Wildman–Crippen LogP) is 3.74. The van der Waals surface area contributed by atoms with E-state index in [0.717, 1.165) is 12.8 Å². The Hall–Kier alpha value is -0.0800. The lowest BCUT2D eigenvalue weighted by atomic mass is 9.82. The molecule has 0 aliphatic carbocycles. The smallest absolute Gasteiger partial charge is 0.161 e. The first-order valence-electron chi connectivity index (χ1n) is 6.73. The largest absolute Gasteiger partial charge is 0.349 e. The normalized spacial score (nSPS) is 37.7. The second kappa shape index (κ2) is 3.99. The van der Waals surface area contributed by atoms with Gasteiger partial charge in [-0.05, 0) is 31.1 Å². The third kappa shape index (κ3) is 2.02. The Morgan fingerprint density at radius 1 is 1.19 bits per heavy atom. The van der Waals surface area contributed by atoms with Gasteiger partial charge in [-0.1, -0.05) is 34.6 Å². The van der Waals surface area contributed by atoms with Crippen LogP contribution in [0.15, 0.2) is 0 Å². The zero-order valence-corrected chi connectivity index (χ0v) is 11.4. The molecular formula is C14H26O2. The van der Waals surface area contributed by atoms with Crippen molar-refractivity contribution >= 4 is 0 Å². The van der Waals surface area contributed by atoms with Gasteiger partial charge < -0.3 is 9.47 Å². The summed E-state index contributed by atoms with van der Waals surface area (Å²) in [5, 5.41) is 0.